The van der Waals surface area contributed by atoms with E-state index in [9.17, 15) is 8.42 Å². The lowest BCUT2D eigenvalue weighted by Gasteiger charge is -2.29. The highest BCUT2D eigenvalue weighted by Crippen LogP contribution is 2.33. The van der Waals surface area contributed by atoms with E-state index < -0.39 is 10.0 Å². The molecule has 112 valence electrons. The van der Waals surface area contributed by atoms with E-state index in [0.717, 1.165) is 25.9 Å². The fourth-order valence-electron chi connectivity index (χ4n) is 2.17. The first-order chi connectivity index (χ1) is 9.31. The third kappa shape index (κ3) is 3.38. The highest BCUT2D eigenvalue weighted by molar-refractivity contribution is 7.89. The number of nitrogens with zero attached hydrogens (tertiary/aromatic N) is 1. The first-order valence-electron chi connectivity index (χ1n) is 6.25. The van der Waals surface area contributed by atoms with Crippen LogP contribution in [0.3, 0.4) is 0 Å². The van der Waals surface area contributed by atoms with Gasteiger partial charge in [0.05, 0.1) is 15.7 Å². The van der Waals surface area contributed by atoms with Crippen LogP contribution in [0.25, 0.3) is 0 Å². The minimum Gasteiger partial charge on any atom is -0.396 e. The summed E-state index contributed by atoms with van der Waals surface area (Å²) in [6, 6.07) is 2.73. The van der Waals surface area contributed by atoms with E-state index in [2.05, 4.69) is 9.62 Å². The lowest BCUT2D eigenvalue weighted by molar-refractivity contribution is 0.248. The van der Waals surface area contributed by atoms with Crippen LogP contribution in [-0.2, 0) is 10.0 Å². The maximum Gasteiger partial charge on any atom is 0.242 e. The Morgan fingerprint density at radius 1 is 1.30 bits per heavy atom. The van der Waals surface area contributed by atoms with Crippen LogP contribution in [0.4, 0.5) is 5.69 Å². The van der Waals surface area contributed by atoms with Gasteiger partial charge in [-0.15, -0.1) is 0 Å². The zero-order chi connectivity index (χ0) is 14.9. The number of nitrogens with two attached hydrogens (primary N) is 1. The predicted molar refractivity (Wildman–Crippen MR) is 81.7 cm³/mol. The second kappa shape index (κ2) is 6.07. The molecule has 1 aromatic rings. The maximum absolute atomic E-state index is 12.4. The van der Waals surface area contributed by atoms with Crippen molar-refractivity contribution in [2.45, 2.75) is 23.8 Å². The SMILES string of the molecule is CN1CCC(NS(=O)(=O)c2ccc(Cl)c(N)c2Cl)CC1. The van der Waals surface area contributed by atoms with Crippen molar-refractivity contribution in [3.05, 3.63) is 22.2 Å². The molecule has 0 saturated carbocycles. The number of likely N-dealkylation sites (tertiary alicyclic amines) is 1. The number of benzene rings is 1. The number of nitrogens with one attached hydrogen (secondary N) is 1. The van der Waals surface area contributed by atoms with E-state index >= 15 is 0 Å². The molecule has 20 heavy (non-hydrogen) atoms. The van der Waals surface area contributed by atoms with E-state index in [1.54, 1.807) is 0 Å². The minimum absolute atomic E-state index is 0.0278. The van der Waals surface area contributed by atoms with Gasteiger partial charge in [0.2, 0.25) is 10.0 Å². The molecule has 0 bridgehead atoms. The molecule has 0 aliphatic carbocycles. The number of nitrogen functional groups attached to an aromatic ring is 1. The summed E-state index contributed by atoms with van der Waals surface area (Å²) in [6.07, 6.45) is 1.55. The number of piperidine rings is 1. The zero-order valence-corrected chi connectivity index (χ0v) is 13.4. The first kappa shape index (κ1) is 15.9. The van der Waals surface area contributed by atoms with Gasteiger partial charge in [-0.25, -0.2) is 13.1 Å². The molecule has 0 amide bonds. The Labute approximate surface area is 129 Å². The summed E-state index contributed by atoms with van der Waals surface area (Å²) in [6.45, 7) is 1.73. The fraction of sp³-hybridized carbons (Fsp3) is 0.500. The Balaban J connectivity index is 2.21. The fourth-order valence-corrected chi connectivity index (χ4v) is 4.24. The molecule has 0 spiro atoms. The monoisotopic (exact) mass is 337 g/mol. The van der Waals surface area contributed by atoms with Gasteiger partial charge in [0.25, 0.3) is 0 Å². The summed E-state index contributed by atoms with van der Waals surface area (Å²) >= 11 is 11.8. The molecule has 0 atom stereocenters. The van der Waals surface area contributed by atoms with Crippen molar-refractivity contribution in [3.8, 4) is 0 Å². The molecule has 1 aliphatic rings. The number of hydrogen-bond donors (Lipinski definition) is 2. The second-order valence-electron chi connectivity index (χ2n) is 4.97. The molecule has 0 unspecified atom stereocenters. The van der Waals surface area contributed by atoms with Crippen LogP contribution in [-0.4, -0.2) is 39.5 Å². The maximum atomic E-state index is 12.4. The van der Waals surface area contributed by atoms with E-state index in [4.69, 9.17) is 28.9 Å². The van der Waals surface area contributed by atoms with Gasteiger partial charge in [0, 0.05) is 6.04 Å². The van der Waals surface area contributed by atoms with Gasteiger partial charge in [-0.2, -0.15) is 0 Å². The Morgan fingerprint density at radius 3 is 2.50 bits per heavy atom. The predicted octanol–water partition coefficient (Wildman–Crippen LogP) is 1.95. The van der Waals surface area contributed by atoms with Crippen LogP contribution in [0.1, 0.15) is 12.8 Å². The van der Waals surface area contributed by atoms with E-state index in [1.807, 2.05) is 7.05 Å². The Bertz CT molecular complexity index is 599. The summed E-state index contributed by atoms with van der Waals surface area (Å²) in [4.78, 5) is 2.14. The largest absolute Gasteiger partial charge is 0.396 e. The number of sulfonamides is 1. The van der Waals surface area contributed by atoms with Crippen LogP contribution in [0.5, 0.6) is 0 Å². The summed E-state index contributed by atoms with van der Waals surface area (Å²) in [5.41, 5.74) is 5.75. The van der Waals surface area contributed by atoms with Gasteiger partial charge in [-0.1, -0.05) is 23.2 Å². The van der Waals surface area contributed by atoms with Crippen molar-refractivity contribution in [1.82, 2.24) is 9.62 Å². The summed E-state index contributed by atoms with van der Waals surface area (Å²) in [7, 11) is -1.67. The van der Waals surface area contributed by atoms with Gasteiger partial charge in [-0.3, -0.25) is 0 Å². The highest BCUT2D eigenvalue weighted by Gasteiger charge is 2.26. The topological polar surface area (TPSA) is 75.4 Å². The third-order valence-electron chi connectivity index (χ3n) is 3.42. The van der Waals surface area contributed by atoms with Gasteiger partial charge < -0.3 is 10.6 Å². The molecule has 2 rings (SSSR count). The quantitative estimate of drug-likeness (QED) is 0.826. The number of halogens is 2. The van der Waals surface area contributed by atoms with Crippen LogP contribution < -0.4 is 10.5 Å². The van der Waals surface area contributed by atoms with E-state index in [-0.39, 0.29) is 26.7 Å². The van der Waals surface area contributed by atoms with Crippen molar-refractivity contribution >= 4 is 38.9 Å². The average Bonchev–Trinajstić information content (AvgIpc) is 2.38. The van der Waals surface area contributed by atoms with Crippen LogP contribution in [0.2, 0.25) is 10.0 Å². The van der Waals surface area contributed by atoms with Crippen molar-refractivity contribution in [3.63, 3.8) is 0 Å². The van der Waals surface area contributed by atoms with Crippen molar-refractivity contribution in [2.24, 2.45) is 0 Å². The Hall–Kier alpha value is -0.530. The first-order valence-corrected chi connectivity index (χ1v) is 8.49. The van der Waals surface area contributed by atoms with Gasteiger partial charge >= 0.3 is 0 Å². The summed E-state index contributed by atoms with van der Waals surface area (Å²) in [5, 5.41) is 0.214. The number of anilines is 1. The lowest BCUT2D eigenvalue weighted by Crippen LogP contribution is -2.43. The molecule has 1 fully saturated rings. The van der Waals surface area contributed by atoms with Crippen molar-refractivity contribution in [2.75, 3.05) is 25.9 Å². The zero-order valence-electron chi connectivity index (χ0n) is 11.1. The molecular formula is C12H17Cl2N3O2S. The molecule has 1 aliphatic heterocycles. The van der Waals surface area contributed by atoms with Crippen molar-refractivity contribution < 1.29 is 8.42 Å². The Kier molecular flexibility index (Phi) is 4.81. The number of hydrogen-bond acceptors (Lipinski definition) is 4. The standard InChI is InChI=1S/C12H17Cl2N3O2S/c1-17-6-4-8(5-7-17)16-20(18,19)10-3-2-9(13)12(15)11(10)14/h2-3,8,16H,4-7,15H2,1H3. The van der Waals surface area contributed by atoms with Crippen LogP contribution in [0.15, 0.2) is 17.0 Å². The normalized spacial score (nSPS) is 18.4. The number of rotatable bonds is 3. The molecular weight excluding hydrogens is 321 g/mol. The minimum atomic E-state index is -3.69. The molecule has 0 radical (unpaired) electrons. The molecule has 1 heterocycles. The Morgan fingerprint density at radius 2 is 1.90 bits per heavy atom. The van der Waals surface area contributed by atoms with Gasteiger partial charge in [0.15, 0.2) is 0 Å². The van der Waals surface area contributed by atoms with Gasteiger partial charge in [0.1, 0.15) is 4.90 Å². The van der Waals surface area contributed by atoms with Crippen LogP contribution in [0, 0.1) is 0 Å². The second-order valence-corrected chi connectivity index (χ2v) is 7.44. The third-order valence-corrected chi connectivity index (χ3v) is 5.83. The molecule has 0 aromatic heterocycles. The molecule has 8 heteroatoms. The smallest absolute Gasteiger partial charge is 0.242 e. The van der Waals surface area contributed by atoms with Crippen LogP contribution >= 0.6 is 23.2 Å². The summed E-state index contributed by atoms with van der Waals surface area (Å²) in [5.74, 6) is 0. The molecule has 3 N–H and O–H groups in total. The average molecular weight is 338 g/mol. The van der Waals surface area contributed by atoms with E-state index in [1.165, 1.54) is 12.1 Å². The molecule has 1 aromatic carbocycles. The molecule has 1 saturated heterocycles. The summed E-state index contributed by atoms with van der Waals surface area (Å²) < 4.78 is 27.4. The lowest BCUT2D eigenvalue weighted by atomic mass is 10.1. The van der Waals surface area contributed by atoms with Gasteiger partial charge in [-0.05, 0) is 45.1 Å². The molecule has 5 nitrogen and oxygen atoms in total. The highest BCUT2D eigenvalue weighted by atomic mass is 35.5. The van der Waals surface area contributed by atoms with E-state index in [0.29, 0.717) is 0 Å². The van der Waals surface area contributed by atoms with Crippen molar-refractivity contribution in [1.29, 1.82) is 0 Å².